The van der Waals surface area contributed by atoms with Gasteiger partial charge in [0.25, 0.3) is 0 Å². The summed E-state index contributed by atoms with van der Waals surface area (Å²) in [6, 6.07) is 4.84. The second-order valence-corrected chi connectivity index (χ2v) is 5.10. The summed E-state index contributed by atoms with van der Waals surface area (Å²) in [4.78, 5) is 0. The van der Waals surface area contributed by atoms with Gasteiger partial charge in [0.1, 0.15) is 6.61 Å². The third-order valence-corrected chi connectivity index (χ3v) is 3.14. The number of benzene rings is 1. The molecule has 1 atom stereocenters. The summed E-state index contributed by atoms with van der Waals surface area (Å²) >= 11 is 0. The highest BCUT2D eigenvalue weighted by atomic mass is 19.1. The van der Waals surface area contributed by atoms with E-state index in [1.807, 2.05) is 20.9 Å². The highest BCUT2D eigenvalue weighted by molar-refractivity contribution is 5.29. The van der Waals surface area contributed by atoms with Crippen molar-refractivity contribution >= 4 is 0 Å². The highest BCUT2D eigenvalue weighted by Gasteiger charge is 2.26. The summed E-state index contributed by atoms with van der Waals surface area (Å²) in [7, 11) is 1.81. The third-order valence-electron chi connectivity index (χ3n) is 3.14. The van der Waals surface area contributed by atoms with Gasteiger partial charge in [-0.2, -0.15) is 0 Å². The Labute approximate surface area is 108 Å². The van der Waals surface area contributed by atoms with Crippen LogP contribution in [0.2, 0.25) is 0 Å². The summed E-state index contributed by atoms with van der Waals surface area (Å²) in [6.45, 7) is 6.17. The fourth-order valence-corrected chi connectivity index (χ4v) is 1.37. The molecule has 0 fully saturated rings. The second kappa shape index (κ2) is 6.16. The second-order valence-electron chi connectivity index (χ2n) is 5.10. The van der Waals surface area contributed by atoms with Crippen LogP contribution in [0.15, 0.2) is 18.2 Å². The predicted octanol–water partition coefficient (Wildman–Crippen LogP) is 2.33. The highest BCUT2D eigenvalue weighted by Crippen LogP contribution is 2.22. The number of hydrogen-bond donors (Lipinski definition) is 2. The van der Waals surface area contributed by atoms with Crippen molar-refractivity contribution in [3.8, 4) is 5.75 Å². The molecule has 1 aromatic carbocycles. The van der Waals surface area contributed by atoms with Crippen LogP contribution in [0.3, 0.4) is 0 Å². The average molecular weight is 255 g/mol. The number of nitrogens with one attached hydrogen (secondary N) is 1. The van der Waals surface area contributed by atoms with E-state index in [9.17, 15) is 9.50 Å². The number of rotatable bonds is 6. The first kappa shape index (κ1) is 14.9. The van der Waals surface area contributed by atoms with Gasteiger partial charge in [-0.1, -0.05) is 19.9 Å². The van der Waals surface area contributed by atoms with Crippen LogP contribution in [-0.4, -0.2) is 24.4 Å². The van der Waals surface area contributed by atoms with E-state index in [0.717, 1.165) is 5.56 Å². The molecule has 0 aliphatic rings. The fraction of sp³-hybridized carbons (Fsp3) is 0.571. The Balaban J connectivity index is 2.68. The van der Waals surface area contributed by atoms with Crippen LogP contribution in [-0.2, 0) is 6.54 Å². The van der Waals surface area contributed by atoms with Crippen LogP contribution in [0.25, 0.3) is 0 Å². The lowest BCUT2D eigenvalue weighted by Crippen LogP contribution is -2.37. The Morgan fingerprint density at radius 2 is 2.11 bits per heavy atom. The topological polar surface area (TPSA) is 41.5 Å². The van der Waals surface area contributed by atoms with Crippen molar-refractivity contribution in [2.75, 3.05) is 13.7 Å². The van der Waals surface area contributed by atoms with Gasteiger partial charge < -0.3 is 15.2 Å². The zero-order chi connectivity index (χ0) is 13.8. The molecule has 0 amide bonds. The molecule has 102 valence electrons. The van der Waals surface area contributed by atoms with E-state index in [1.165, 1.54) is 6.07 Å². The lowest BCUT2D eigenvalue weighted by Gasteiger charge is -2.27. The molecule has 2 N–H and O–H groups in total. The Bertz CT molecular complexity index is 391. The maximum atomic E-state index is 13.7. The number of halogens is 1. The average Bonchev–Trinajstić information content (AvgIpc) is 2.28. The first-order valence-corrected chi connectivity index (χ1v) is 6.15. The first-order chi connectivity index (χ1) is 8.36. The van der Waals surface area contributed by atoms with Gasteiger partial charge in [-0.3, -0.25) is 0 Å². The van der Waals surface area contributed by atoms with Crippen molar-refractivity contribution in [3.05, 3.63) is 29.6 Å². The molecule has 0 aliphatic carbocycles. The van der Waals surface area contributed by atoms with E-state index in [1.54, 1.807) is 19.1 Å². The van der Waals surface area contributed by atoms with Gasteiger partial charge in [0, 0.05) is 6.54 Å². The van der Waals surface area contributed by atoms with Crippen LogP contribution in [0.4, 0.5) is 4.39 Å². The summed E-state index contributed by atoms with van der Waals surface area (Å²) in [5.41, 5.74) is -0.103. The maximum Gasteiger partial charge on any atom is 0.165 e. The molecule has 0 spiro atoms. The van der Waals surface area contributed by atoms with E-state index in [4.69, 9.17) is 4.74 Å². The fourth-order valence-electron chi connectivity index (χ4n) is 1.37. The minimum Gasteiger partial charge on any atom is -0.488 e. The molecule has 1 rings (SSSR count). The van der Waals surface area contributed by atoms with Crippen molar-refractivity contribution in [2.24, 2.45) is 5.92 Å². The van der Waals surface area contributed by atoms with Gasteiger partial charge in [-0.15, -0.1) is 0 Å². The van der Waals surface area contributed by atoms with Gasteiger partial charge in [0.15, 0.2) is 11.6 Å². The Morgan fingerprint density at radius 1 is 1.44 bits per heavy atom. The predicted molar refractivity (Wildman–Crippen MR) is 70.1 cm³/mol. The molecule has 0 bridgehead atoms. The molecule has 0 aromatic heterocycles. The minimum atomic E-state index is -0.962. The molecule has 3 nitrogen and oxygen atoms in total. The van der Waals surface area contributed by atoms with Gasteiger partial charge in [-0.05, 0) is 37.6 Å². The van der Waals surface area contributed by atoms with Crippen LogP contribution in [0.5, 0.6) is 5.75 Å². The molecule has 1 unspecified atom stereocenters. The maximum absolute atomic E-state index is 13.7. The molecular formula is C14H22FNO2. The molecule has 0 saturated heterocycles. The quantitative estimate of drug-likeness (QED) is 0.819. The first-order valence-electron chi connectivity index (χ1n) is 6.15. The van der Waals surface area contributed by atoms with Crippen LogP contribution < -0.4 is 10.1 Å². The van der Waals surface area contributed by atoms with E-state index < -0.39 is 11.4 Å². The molecule has 1 aromatic rings. The minimum absolute atomic E-state index is 0.0455. The zero-order valence-electron chi connectivity index (χ0n) is 11.5. The molecule has 0 radical (unpaired) electrons. The Kier molecular flexibility index (Phi) is 5.11. The van der Waals surface area contributed by atoms with Crippen molar-refractivity contribution in [3.63, 3.8) is 0 Å². The number of aliphatic hydroxyl groups is 1. The normalized spacial score (nSPS) is 14.6. The molecule has 0 saturated carbocycles. The summed E-state index contributed by atoms with van der Waals surface area (Å²) in [6.07, 6.45) is 0. The van der Waals surface area contributed by atoms with Gasteiger partial charge in [0.05, 0.1) is 5.60 Å². The summed E-state index contributed by atoms with van der Waals surface area (Å²) in [5, 5.41) is 13.0. The van der Waals surface area contributed by atoms with Crippen LogP contribution in [0, 0.1) is 11.7 Å². The molecule has 0 heterocycles. The monoisotopic (exact) mass is 255 g/mol. The number of hydrogen-bond acceptors (Lipinski definition) is 3. The van der Waals surface area contributed by atoms with Crippen LogP contribution in [0.1, 0.15) is 26.3 Å². The van der Waals surface area contributed by atoms with E-state index in [0.29, 0.717) is 6.54 Å². The molecule has 4 heteroatoms. The van der Waals surface area contributed by atoms with E-state index in [-0.39, 0.29) is 18.3 Å². The largest absolute Gasteiger partial charge is 0.488 e. The Morgan fingerprint density at radius 3 is 2.61 bits per heavy atom. The van der Waals surface area contributed by atoms with Crippen molar-refractivity contribution in [1.29, 1.82) is 0 Å². The molecule has 18 heavy (non-hydrogen) atoms. The van der Waals surface area contributed by atoms with E-state index >= 15 is 0 Å². The van der Waals surface area contributed by atoms with Gasteiger partial charge in [0.2, 0.25) is 0 Å². The Hall–Kier alpha value is -1.13. The SMILES string of the molecule is CNCc1ccc(OCC(C)(O)C(C)C)c(F)c1. The lowest BCUT2D eigenvalue weighted by atomic mass is 9.94. The van der Waals surface area contributed by atoms with Gasteiger partial charge >= 0.3 is 0 Å². The van der Waals surface area contributed by atoms with Crippen molar-refractivity contribution < 1.29 is 14.2 Å². The lowest BCUT2D eigenvalue weighted by molar-refractivity contribution is -0.0275. The molecular weight excluding hydrogens is 233 g/mol. The number of ether oxygens (including phenoxy) is 1. The summed E-state index contributed by atoms with van der Waals surface area (Å²) < 4.78 is 19.1. The van der Waals surface area contributed by atoms with E-state index in [2.05, 4.69) is 5.32 Å². The van der Waals surface area contributed by atoms with Crippen LogP contribution >= 0.6 is 0 Å². The van der Waals surface area contributed by atoms with Crippen molar-refractivity contribution in [1.82, 2.24) is 5.32 Å². The zero-order valence-corrected chi connectivity index (χ0v) is 11.5. The van der Waals surface area contributed by atoms with Crippen molar-refractivity contribution in [2.45, 2.75) is 32.9 Å². The smallest absolute Gasteiger partial charge is 0.165 e. The summed E-state index contributed by atoms with van der Waals surface area (Å²) in [5.74, 6) is -0.179. The molecule has 0 aliphatic heterocycles. The standard InChI is InChI=1S/C14H22FNO2/c1-10(2)14(3,17)9-18-13-6-5-11(8-16-4)7-12(13)15/h5-7,10,16-17H,8-9H2,1-4H3. The third kappa shape index (κ3) is 3.96. The van der Waals surface area contributed by atoms with Gasteiger partial charge in [-0.25, -0.2) is 4.39 Å².